The molecule has 0 aliphatic heterocycles. The number of halogens is 1. The second-order valence-electron chi connectivity index (χ2n) is 4.82. The molecular formula is C12H20BrN3. The Balaban J connectivity index is 2.00. The van der Waals surface area contributed by atoms with Gasteiger partial charge >= 0.3 is 0 Å². The van der Waals surface area contributed by atoms with E-state index in [1.54, 1.807) is 6.33 Å². The van der Waals surface area contributed by atoms with Crippen molar-refractivity contribution in [3.63, 3.8) is 0 Å². The van der Waals surface area contributed by atoms with E-state index in [0.29, 0.717) is 4.83 Å². The summed E-state index contributed by atoms with van der Waals surface area (Å²) in [6.45, 7) is 5.52. The number of aromatic nitrogens is 3. The Bertz CT molecular complexity index is 337. The van der Waals surface area contributed by atoms with Crippen molar-refractivity contribution in [3.8, 4) is 0 Å². The third-order valence-electron chi connectivity index (χ3n) is 3.70. The molecular weight excluding hydrogens is 266 g/mol. The molecule has 3 atom stereocenters. The van der Waals surface area contributed by atoms with Crippen LogP contribution in [0, 0.1) is 11.8 Å². The van der Waals surface area contributed by atoms with Crippen LogP contribution in [0.1, 0.15) is 38.9 Å². The van der Waals surface area contributed by atoms with Crippen LogP contribution in [-0.2, 0) is 13.0 Å². The minimum absolute atomic E-state index is 0.694. The smallest absolute Gasteiger partial charge is 0.138 e. The molecule has 0 saturated heterocycles. The highest BCUT2D eigenvalue weighted by molar-refractivity contribution is 9.09. The van der Waals surface area contributed by atoms with Crippen molar-refractivity contribution in [2.45, 2.75) is 50.9 Å². The molecule has 90 valence electrons. The van der Waals surface area contributed by atoms with Crippen LogP contribution in [0.25, 0.3) is 0 Å². The molecule has 1 heterocycles. The van der Waals surface area contributed by atoms with E-state index in [-0.39, 0.29) is 0 Å². The lowest BCUT2D eigenvalue weighted by atomic mass is 9.94. The largest absolute Gasteiger partial charge is 0.250 e. The summed E-state index contributed by atoms with van der Waals surface area (Å²) in [5.74, 6) is 2.69. The average molecular weight is 286 g/mol. The highest BCUT2D eigenvalue weighted by atomic mass is 79.9. The van der Waals surface area contributed by atoms with Crippen molar-refractivity contribution in [1.29, 1.82) is 0 Å². The second-order valence-corrected chi connectivity index (χ2v) is 5.99. The third-order valence-corrected chi connectivity index (χ3v) is 4.99. The van der Waals surface area contributed by atoms with Gasteiger partial charge in [0, 0.05) is 17.8 Å². The van der Waals surface area contributed by atoms with Crippen molar-refractivity contribution in [3.05, 3.63) is 12.2 Å². The third kappa shape index (κ3) is 2.47. The summed E-state index contributed by atoms with van der Waals surface area (Å²) < 4.78 is 2.06. The summed E-state index contributed by atoms with van der Waals surface area (Å²) in [7, 11) is 0. The molecule has 3 unspecified atom stereocenters. The fraction of sp³-hybridized carbons (Fsp3) is 0.833. The van der Waals surface area contributed by atoms with Gasteiger partial charge in [0.25, 0.3) is 0 Å². The Morgan fingerprint density at radius 2 is 2.31 bits per heavy atom. The monoisotopic (exact) mass is 285 g/mol. The molecule has 0 amide bonds. The standard InChI is InChI=1S/C12H20BrN3/c1-3-6-16-12(14-8-15-16)7-10-4-5-11(13)9(10)2/h8-11H,3-7H2,1-2H3. The van der Waals surface area contributed by atoms with Crippen LogP contribution in [0.15, 0.2) is 6.33 Å². The highest BCUT2D eigenvalue weighted by Gasteiger charge is 2.31. The number of hydrogen-bond acceptors (Lipinski definition) is 2. The Labute approximate surface area is 106 Å². The van der Waals surface area contributed by atoms with Gasteiger partial charge in [-0.25, -0.2) is 4.98 Å². The summed E-state index contributed by atoms with van der Waals surface area (Å²) in [6, 6.07) is 0. The molecule has 1 aliphatic carbocycles. The number of hydrogen-bond donors (Lipinski definition) is 0. The van der Waals surface area contributed by atoms with E-state index in [1.807, 2.05) is 0 Å². The van der Waals surface area contributed by atoms with E-state index in [2.05, 4.69) is 44.5 Å². The zero-order valence-corrected chi connectivity index (χ0v) is 11.7. The van der Waals surface area contributed by atoms with Crippen molar-refractivity contribution >= 4 is 15.9 Å². The zero-order chi connectivity index (χ0) is 11.5. The first kappa shape index (κ1) is 12.1. The van der Waals surface area contributed by atoms with E-state index in [4.69, 9.17) is 0 Å². The van der Waals surface area contributed by atoms with Gasteiger partial charge in [-0.2, -0.15) is 5.10 Å². The SMILES string of the molecule is CCCn1ncnc1CC1CCC(Br)C1C. The molecule has 16 heavy (non-hydrogen) atoms. The summed E-state index contributed by atoms with van der Waals surface area (Å²) >= 11 is 3.75. The normalized spacial score (nSPS) is 29.8. The predicted molar refractivity (Wildman–Crippen MR) is 68.6 cm³/mol. The molecule has 1 aromatic heterocycles. The van der Waals surface area contributed by atoms with Gasteiger partial charge in [0.15, 0.2) is 0 Å². The molecule has 3 nitrogen and oxygen atoms in total. The van der Waals surface area contributed by atoms with Crippen LogP contribution in [0.2, 0.25) is 0 Å². The molecule has 0 bridgehead atoms. The van der Waals surface area contributed by atoms with Crippen LogP contribution in [0.3, 0.4) is 0 Å². The Kier molecular flexibility index (Phi) is 4.00. The van der Waals surface area contributed by atoms with E-state index < -0.39 is 0 Å². The van der Waals surface area contributed by atoms with E-state index >= 15 is 0 Å². The summed E-state index contributed by atoms with van der Waals surface area (Å²) in [4.78, 5) is 5.09. The lowest BCUT2D eigenvalue weighted by molar-refractivity contribution is 0.402. The molecule has 0 N–H and O–H groups in total. The maximum atomic E-state index is 4.39. The van der Waals surface area contributed by atoms with Crippen molar-refractivity contribution in [1.82, 2.24) is 14.8 Å². The molecule has 1 aromatic rings. The molecule has 1 aliphatic rings. The van der Waals surface area contributed by atoms with Gasteiger partial charge in [-0.05, 0) is 31.1 Å². The number of alkyl halides is 1. The van der Waals surface area contributed by atoms with Gasteiger partial charge in [-0.15, -0.1) is 0 Å². The number of aryl methyl sites for hydroxylation is 1. The minimum Gasteiger partial charge on any atom is -0.250 e. The van der Waals surface area contributed by atoms with Crippen LogP contribution in [-0.4, -0.2) is 19.6 Å². The average Bonchev–Trinajstić information content (AvgIpc) is 2.82. The fourth-order valence-electron chi connectivity index (χ4n) is 2.56. The Morgan fingerprint density at radius 3 is 2.94 bits per heavy atom. The maximum Gasteiger partial charge on any atom is 0.138 e. The van der Waals surface area contributed by atoms with Crippen molar-refractivity contribution in [2.24, 2.45) is 11.8 Å². The van der Waals surface area contributed by atoms with E-state index in [0.717, 1.165) is 31.2 Å². The minimum atomic E-state index is 0.694. The summed E-state index contributed by atoms with van der Waals surface area (Å²) in [5.41, 5.74) is 0. The fourth-order valence-corrected chi connectivity index (χ4v) is 3.26. The van der Waals surface area contributed by atoms with Crippen LogP contribution in [0.4, 0.5) is 0 Å². The first-order valence-electron chi connectivity index (χ1n) is 6.23. The zero-order valence-electron chi connectivity index (χ0n) is 10.1. The lowest BCUT2D eigenvalue weighted by Gasteiger charge is -2.16. The maximum absolute atomic E-state index is 4.39. The first-order valence-corrected chi connectivity index (χ1v) is 7.14. The summed E-state index contributed by atoms with van der Waals surface area (Å²) in [5, 5.41) is 4.29. The molecule has 2 rings (SSSR count). The van der Waals surface area contributed by atoms with Crippen molar-refractivity contribution < 1.29 is 0 Å². The van der Waals surface area contributed by atoms with Crippen molar-refractivity contribution in [2.75, 3.05) is 0 Å². The highest BCUT2D eigenvalue weighted by Crippen LogP contribution is 2.37. The molecule has 0 aromatic carbocycles. The van der Waals surface area contributed by atoms with Gasteiger partial charge in [0.05, 0.1) is 0 Å². The van der Waals surface area contributed by atoms with Crippen LogP contribution >= 0.6 is 15.9 Å². The number of rotatable bonds is 4. The van der Waals surface area contributed by atoms with Gasteiger partial charge in [0.2, 0.25) is 0 Å². The van der Waals surface area contributed by atoms with Gasteiger partial charge < -0.3 is 0 Å². The molecule has 1 saturated carbocycles. The molecule has 4 heteroatoms. The van der Waals surface area contributed by atoms with Gasteiger partial charge in [-0.1, -0.05) is 29.8 Å². The lowest BCUT2D eigenvalue weighted by Crippen LogP contribution is -2.16. The van der Waals surface area contributed by atoms with Gasteiger partial charge in [-0.3, -0.25) is 4.68 Å². The van der Waals surface area contributed by atoms with E-state index in [1.165, 1.54) is 18.7 Å². The second kappa shape index (κ2) is 5.30. The van der Waals surface area contributed by atoms with Crippen LogP contribution in [0.5, 0.6) is 0 Å². The van der Waals surface area contributed by atoms with E-state index in [9.17, 15) is 0 Å². The molecule has 1 fully saturated rings. The molecule has 0 spiro atoms. The first-order chi connectivity index (χ1) is 7.72. The predicted octanol–water partition coefficient (Wildman–Crippen LogP) is 3.04. The Morgan fingerprint density at radius 1 is 1.50 bits per heavy atom. The quantitative estimate of drug-likeness (QED) is 0.796. The molecule has 0 radical (unpaired) electrons. The summed E-state index contributed by atoms with van der Waals surface area (Å²) in [6.07, 6.45) is 6.51. The topological polar surface area (TPSA) is 30.7 Å². The number of nitrogens with zero attached hydrogens (tertiary/aromatic N) is 3. The van der Waals surface area contributed by atoms with Crippen LogP contribution < -0.4 is 0 Å². The van der Waals surface area contributed by atoms with Gasteiger partial charge in [0.1, 0.15) is 12.2 Å². The Hall–Kier alpha value is -0.380.